The lowest BCUT2D eigenvalue weighted by atomic mass is 9.72. The topological polar surface area (TPSA) is 45.4 Å². The van der Waals surface area contributed by atoms with Gasteiger partial charge in [-0.2, -0.15) is 5.26 Å². The Hall–Kier alpha value is -2.90. The molecule has 2 aromatic carbocycles. The number of nitriles is 1. The molecule has 0 spiro atoms. The van der Waals surface area contributed by atoms with Crippen molar-refractivity contribution >= 4 is 22.6 Å². The van der Waals surface area contributed by atoms with E-state index >= 15 is 0 Å². The Morgan fingerprint density at radius 2 is 1.87 bits per heavy atom. The summed E-state index contributed by atoms with van der Waals surface area (Å²) in [6.07, 6.45) is 5.00. The Morgan fingerprint density at radius 1 is 1.10 bits per heavy atom. The fraction of sp³-hybridized carbons (Fsp3) is 0.308. The third kappa shape index (κ3) is 4.47. The number of para-hydroxylation sites is 1. The molecule has 3 aromatic rings. The zero-order valence-corrected chi connectivity index (χ0v) is 18.5. The minimum Gasteiger partial charge on any atom is -0.457 e. The van der Waals surface area contributed by atoms with Gasteiger partial charge in [0.15, 0.2) is 0 Å². The highest BCUT2D eigenvalue weighted by atomic mass is 32.1. The fourth-order valence-electron chi connectivity index (χ4n) is 3.93. The second-order valence-corrected chi connectivity index (χ2v) is 9.93. The minimum atomic E-state index is 0.289. The van der Waals surface area contributed by atoms with Crippen LogP contribution in [0.25, 0.3) is 0 Å². The number of hydrogen-bond acceptors (Lipinski definition) is 4. The second kappa shape index (κ2) is 8.45. The lowest BCUT2D eigenvalue weighted by Gasteiger charge is -2.33. The van der Waals surface area contributed by atoms with Crippen LogP contribution in [-0.2, 0) is 12.8 Å². The minimum absolute atomic E-state index is 0.289. The Morgan fingerprint density at radius 3 is 2.60 bits per heavy atom. The van der Waals surface area contributed by atoms with Gasteiger partial charge in [-0.25, -0.2) is 4.99 Å². The molecule has 0 saturated heterocycles. The number of benzene rings is 2. The van der Waals surface area contributed by atoms with Gasteiger partial charge in [-0.3, -0.25) is 0 Å². The van der Waals surface area contributed by atoms with E-state index in [4.69, 9.17) is 9.73 Å². The van der Waals surface area contributed by atoms with Gasteiger partial charge in [0.05, 0.1) is 5.56 Å². The molecule has 0 saturated carbocycles. The number of nitrogens with zero attached hydrogens (tertiary/aromatic N) is 2. The van der Waals surface area contributed by atoms with E-state index in [1.807, 2.05) is 60.8 Å². The quantitative estimate of drug-likeness (QED) is 0.420. The molecule has 3 nitrogen and oxygen atoms in total. The average molecular weight is 415 g/mol. The molecule has 1 heterocycles. The van der Waals surface area contributed by atoms with Gasteiger partial charge in [0, 0.05) is 11.1 Å². The second-order valence-electron chi connectivity index (χ2n) is 8.85. The van der Waals surface area contributed by atoms with E-state index in [0.717, 1.165) is 46.9 Å². The molecule has 0 fully saturated rings. The van der Waals surface area contributed by atoms with E-state index < -0.39 is 0 Å². The lowest BCUT2D eigenvalue weighted by molar-refractivity contribution is 0.218. The largest absolute Gasteiger partial charge is 0.457 e. The Kier molecular flexibility index (Phi) is 5.74. The number of fused-ring (bicyclic) bond motifs is 1. The van der Waals surface area contributed by atoms with Crippen molar-refractivity contribution in [3.05, 3.63) is 76.2 Å². The van der Waals surface area contributed by atoms with Gasteiger partial charge in [0.25, 0.3) is 0 Å². The molecule has 1 aromatic heterocycles. The van der Waals surface area contributed by atoms with Gasteiger partial charge >= 0.3 is 0 Å². The van der Waals surface area contributed by atoms with Crippen molar-refractivity contribution in [2.45, 2.75) is 40.0 Å². The van der Waals surface area contributed by atoms with Crippen molar-refractivity contribution in [3.8, 4) is 17.6 Å². The van der Waals surface area contributed by atoms with Crippen LogP contribution in [0.4, 0.5) is 5.00 Å². The summed E-state index contributed by atoms with van der Waals surface area (Å²) in [5.41, 5.74) is 3.22. The summed E-state index contributed by atoms with van der Waals surface area (Å²) in [4.78, 5) is 6.04. The van der Waals surface area contributed by atoms with Crippen LogP contribution in [0.5, 0.6) is 11.5 Å². The number of hydrogen-bond donors (Lipinski definition) is 0. The normalized spacial score (nSPS) is 16.3. The molecule has 4 heteroatoms. The molecule has 0 aliphatic heterocycles. The van der Waals surface area contributed by atoms with Crippen LogP contribution >= 0.6 is 11.3 Å². The molecule has 1 aliphatic carbocycles. The number of thiophene rings is 1. The molecule has 0 N–H and O–H groups in total. The maximum absolute atomic E-state index is 9.76. The molecular formula is C26H26N2OS. The van der Waals surface area contributed by atoms with Crippen LogP contribution in [0.2, 0.25) is 0 Å². The average Bonchev–Trinajstić information content (AvgIpc) is 3.09. The van der Waals surface area contributed by atoms with Gasteiger partial charge in [-0.05, 0) is 66.0 Å². The van der Waals surface area contributed by atoms with E-state index in [9.17, 15) is 5.26 Å². The molecule has 0 amide bonds. The zero-order chi connectivity index (χ0) is 21.1. The van der Waals surface area contributed by atoms with Gasteiger partial charge < -0.3 is 4.74 Å². The first kappa shape index (κ1) is 20.4. The van der Waals surface area contributed by atoms with E-state index in [1.54, 1.807) is 11.3 Å². The smallest absolute Gasteiger partial charge is 0.134 e. The van der Waals surface area contributed by atoms with Crippen molar-refractivity contribution in [1.29, 1.82) is 5.26 Å². The van der Waals surface area contributed by atoms with Crippen LogP contribution in [0.3, 0.4) is 0 Å². The molecule has 1 aliphatic rings. The van der Waals surface area contributed by atoms with E-state index in [-0.39, 0.29) is 5.41 Å². The summed E-state index contributed by atoms with van der Waals surface area (Å²) >= 11 is 1.68. The monoisotopic (exact) mass is 414 g/mol. The molecule has 4 rings (SSSR count). The van der Waals surface area contributed by atoms with E-state index in [1.165, 1.54) is 10.4 Å². The van der Waals surface area contributed by atoms with Crippen LogP contribution in [-0.4, -0.2) is 6.21 Å². The highest BCUT2D eigenvalue weighted by Crippen LogP contribution is 2.44. The van der Waals surface area contributed by atoms with Gasteiger partial charge in [0.1, 0.15) is 22.6 Å². The first-order valence-corrected chi connectivity index (χ1v) is 11.2. The summed E-state index contributed by atoms with van der Waals surface area (Å²) in [7, 11) is 0. The van der Waals surface area contributed by atoms with E-state index in [2.05, 4.69) is 26.8 Å². The molecule has 0 radical (unpaired) electrons. The van der Waals surface area contributed by atoms with Crippen LogP contribution in [0.15, 0.2) is 59.6 Å². The maximum atomic E-state index is 9.76. The first-order chi connectivity index (χ1) is 14.4. The highest BCUT2D eigenvalue weighted by Gasteiger charge is 2.32. The summed E-state index contributed by atoms with van der Waals surface area (Å²) in [6.45, 7) is 6.93. The summed E-state index contributed by atoms with van der Waals surface area (Å²) in [5, 5.41) is 10.6. The Balaban J connectivity index is 1.56. The van der Waals surface area contributed by atoms with Crippen LogP contribution in [0.1, 0.15) is 48.8 Å². The zero-order valence-electron chi connectivity index (χ0n) is 17.7. The van der Waals surface area contributed by atoms with E-state index in [0.29, 0.717) is 5.92 Å². The molecule has 30 heavy (non-hydrogen) atoms. The van der Waals surface area contributed by atoms with Crippen molar-refractivity contribution in [1.82, 2.24) is 0 Å². The number of aliphatic imine (C=N–C) groups is 1. The van der Waals surface area contributed by atoms with Gasteiger partial charge in [-0.15, -0.1) is 11.3 Å². The third-order valence-corrected chi connectivity index (χ3v) is 6.91. The molecule has 1 atom stereocenters. The van der Waals surface area contributed by atoms with Crippen molar-refractivity contribution < 1.29 is 4.74 Å². The predicted molar refractivity (Wildman–Crippen MR) is 124 cm³/mol. The van der Waals surface area contributed by atoms with Crippen LogP contribution in [0, 0.1) is 22.7 Å². The number of ether oxygens (including phenoxy) is 1. The molecule has 0 bridgehead atoms. The fourth-order valence-corrected chi connectivity index (χ4v) is 5.15. The lowest BCUT2D eigenvalue weighted by Crippen LogP contribution is -2.26. The van der Waals surface area contributed by atoms with Crippen molar-refractivity contribution in [2.24, 2.45) is 16.3 Å². The molecular weight excluding hydrogens is 388 g/mol. The highest BCUT2D eigenvalue weighted by molar-refractivity contribution is 7.16. The van der Waals surface area contributed by atoms with Crippen molar-refractivity contribution in [3.63, 3.8) is 0 Å². The van der Waals surface area contributed by atoms with Gasteiger partial charge in [-0.1, -0.05) is 51.1 Å². The Bertz CT molecular complexity index is 1100. The summed E-state index contributed by atoms with van der Waals surface area (Å²) < 4.78 is 5.91. The Labute approximate surface area is 182 Å². The summed E-state index contributed by atoms with van der Waals surface area (Å²) in [5.74, 6) is 2.22. The predicted octanol–water partition coefficient (Wildman–Crippen LogP) is 7.31. The summed E-state index contributed by atoms with van der Waals surface area (Å²) in [6, 6.07) is 20.0. The van der Waals surface area contributed by atoms with Crippen LogP contribution < -0.4 is 4.74 Å². The third-order valence-electron chi connectivity index (χ3n) is 5.75. The molecule has 152 valence electrons. The SMILES string of the molecule is CC(C)(C)[C@@H]1CCc2c(sc(N=Cc3cccc(Oc4ccccc4)c3)c2C#N)C1. The van der Waals surface area contributed by atoms with Gasteiger partial charge in [0.2, 0.25) is 0 Å². The standard InChI is InChI=1S/C26H26N2OS/c1-26(2,3)19-12-13-22-23(16-27)25(30-24(22)15-19)28-17-18-8-7-11-21(14-18)29-20-9-5-4-6-10-20/h4-11,14,17,19H,12-13,15H2,1-3H3/t19-/m1/s1. The van der Waals surface area contributed by atoms with Crippen molar-refractivity contribution in [2.75, 3.05) is 0 Å². The maximum Gasteiger partial charge on any atom is 0.134 e. The number of rotatable bonds is 4. The first-order valence-electron chi connectivity index (χ1n) is 10.4. The molecule has 0 unspecified atom stereocenters.